The Morgan fingerprint density at radius 1 is 1.26 bits per heavy atom. The summed E-state index contributed by atoms with van der Waals surface area (Å²) >= 11 is 3.55. The minimum atomic E-state index is 0.507. The van der Waals surface area contributed by atoms with Gasteiger partial charge in [0.1, 0.15) is 5.75 Å². The molecule has 2 saturated carbocycles. The zero-order valence-electron chi connectivity index (χ0n) is 11.9. The van der Waals surface area contributed by atoms with Gasteiger partial charge in [-0.1, -0.05) is 36.2 Å². The third-order valence-corrected chi connectivity index (χ3v) is 5.42. The van der Waals surface area contributed by atoms with Crippen LogP contribution in [0.25, 0.3) is 0 Å². The Kier molecular flexibility index (Phi) is 3.88. The van der Waals surface area contributed by atoms with Gasteiger partial charge in [0.05, 0.1) is 6.61 Å². The lowest BCUT2D eigenvalue weighted by Gasteiger charge is -2.23. The van der Waals surface area contributed by atoms with E-state index in [-0.39, 0.29) is 0 Å². The maximum absolute atomic E-state index is 6.17. The molecule has 0 radical (unpaired) electrons. The largest absolute Gasteiger partial charge is 0.493 e. The van der Waals surface area contributed by atoms with Crippen molar-refractivity contribution in [2.24, 2.45) is 17.8 Å². The van der Waals surface area contributed by atoms with Crippen LogP contribution in [-0.2, 0) is 0 Å². The van der Waals surface area contributed by atoms with Crippen molar-refractivity contribution in [3.8, 4) is 5.75 Å². The minimum absolute atomic E-state index is 0.507. The van der Waals surface area contributed by atoms with E-state index in [0.717, 1.165) is 34.6 Å². The molecule has 0 spiro atoms. The SMILES string of the molecule is CC(C)c1cc(Br)ccc1OCC1CC2CCC1C2. The smallest absolute Gasteiger partial charge is 0.122 e. The van der Waals surface area contributed by atoms with Crippen molar-refractivity contribution >= 4 is 15.9 Å². The summed E-state index contributed by atoms with van der Waals surface area (Å²) < 4.78 is 7.31. The molecule has 2 aliphatic carbocycles. The van der Waals surface area contributed by atoms with Crippen molar-refractivity contribution in [2.75, 3.05) is 6.61 Å². The van der Waals surface area contributed by atoms with E-state index in [0.29, 0.717) is 5.92 Å². The predicted molar refractivity (Wildman–Crippen MR) is 82.7 cm³/mol. The van der Waals surface area contributed by atoms with Crippen LogP contribution in [0.4, 0.5) is 0 Å². The molecule has 1 aromatic rings. The fraction of sp³-hybridized carbons (Fsp3) is 0.647. The second kappa shape index (κ2) is 5.47. The molecule has 2 aliphatic rings. The third-order valence-electron chi connectivity index (χ3n) is 4.93. The van der Waals surface area contributed by atoms with Crippen LogP contribution in [0.3, 0.4) is 0 Å². The van der Waals surface area contributed by atoms with Crippen LogP contribution in [0.1, 0.15) is 51.0 Å². The molecule has 19 heavy (non-hydrogen) atoms. The molecule has 0 N–H and O–H groups in total. The van der Waals surface area contributed by atoms with Crippen LogP contribution >= 0.6 is 15.9 Å². The second-order valence-electron chi connectivity index (χ2n) is 6.58. The Labute approximate surface area is 124 Å². The molecule has 1 nitrogen and oxygen atoms in total. The Hall–Kier alpha value is -0.500. The zero-order chi connectivity index (χ0) is 13.4. The summed E-state index contributed by atoms with van der Waals surface area (Å²) in [6, 6.07) is 6.40. The molecule has 3 rings (SSSR count). The number of halogens is 1. The molecule has 0 amide bonds. The first-order valence-corrected chi connectivity index (χ1v) is 8.35. The van der Waals surface area contributed by atoms with Gasteiger partial charge in [0.15, 0.2) is 0 Å². The van der Waals surface area contributed by atoms with Crippen LogP contribution in [-0.4, -0.2) is 6.61 Å². The molecule has 2 heteroatoms. The van der Waals surface area contributed by atoms with Crippen LogP contribution in [0, 0.1) is 17.8 Å². The lowest BCUT2D eigenvalue weighted by molar-refractivity contribution is 0.193. The highest BCUT2D eigenvalue weighted by molar-refractivity contribution is 9.10. The van der Waals surface area contributed by atoms with Gasteiger partial charge in [-0.25, -0.2) is 0 Å². The molecule has 0 aromatic heterocycles. The van der Waals surface area contributed by atoms with Gasteiger partial charge in [-0.05, 0) is 66.7 Å². The summed E-state index contributed by atoms with van der Waals surface area (Å²) in [5.74, 6) is 4.35. The van der Waals surface area contributed by atoms with E-state index in [1.54, 1.807) is 0 Å². The fourth-order valence-corrected chi connectivity index (χ4v) is 4.26. The van der Waals surface area contributed by atoms with Crippen LogP contribution < -0.4 is 4.74 Å². The number of rotatable bonds is 4. The molecule has 1 aromatic carbocycles. The highest BCUT2D eigenvalue weighted by Crippen LogP contribution is 2.48. The average Bonchev–Trinajstić information content (AvgIpc) is 2.99. The maximum Gasteiger partial charge on any atom is 0.122 e. The minimum Gasteiger partial charge on any atom is -0.493 e. The number of hydrogen-bond donors (Lipinski definition) is 0. The van der Waals surface area contributed by atoms with Gasteiger partial charge in [0.2, 0.25) is 0 Å². The second-order valence-corrected chi connectivity index (χ2v) is 7.50. The van der Waals surface area contributed by atoms with Crippen molar-refractivity contribution in [1.82, 2.24) is 0 Å². The quantitative estimate of drug-likeness (QED) is 0.722. The van der Waals surface area contributed by atoms with E-state index in [9.17, 15) is 0 Å². The fourth-order valence-electron chi connectivity index (χ4n) is 3.88. The first-order chi connectivity index (χ1) is 9.13. The Bertz CT molecular complexity index is 455. The molecule has 0 aliphatic heterocycles. The van der Waals surface area contributed by atoms with E-state index < -0.39 is 0 Å². The molecule has 0 saturated heterocycles. The molecule has 3 atom stereocenters. The monoisotopic (exact) mass is 322 g/mol. The molecular formula is C17H23BrO. The normalized spacial score (nSPS) is 29.2. The highest BCUT2D eigenvalue weighted by atomic mass is 79.9. The molecule has 3 unspecified atom stereocenters. The Morgan fingerprint density at radius 3 is 2.74 bits per heavy atom. The zero-order valence-corrected chi connectivity index (χ0v) is 13.4. The van der Waals surface area contributed by atoms with Gasteiger partial charge in [-0.2, -0.15) is 0 Å². The predicted octanol–water partition coefficient (Wildman–Crippen LogP) is 5.39. The first-order valence-electron chi connectivity index (χ1n) is 7.55. The van der Waals surface area contributed by atoms with Gasteiger partial charge in [-0.3, -0.25) is 0 Å². The third kappa shape index (κ3) is 2.84. The summed E-state index contributed by atoms with van der Waals surface area (Å²) in [5, 5.41) is 0. The van der Waals surface area contributed by atoms with E-state index >= 15 is 0 Å². The van der Waals surface area contributed by atoms with Crippen molar-refractivity contribution in [3.63, 3.8) is 0 Å². The van der Waals surface area contributed by atoms with Crippen LogP contribution in [0.2, 0.25) is 0 Å². The number of ether oxygens (including phenoxy) is 1. The van der Waals surface area contributed by atoms with Gasteiger partial charge < -0.3 is 4.74 Å². The summed E-state index contributed by atoms with van der Waals surface area (Å²) in [6.07, 6.45) is 5.77. The van der Waals surface area contributed by atoms with Crippen LogP contribution in [0.5, 0.6) is 5.75 Å². The Morgan fingerprint density at radius 2 is 2.11 bits per heavy atom. The van der Waals surface area contributed by atoms with Crippen molar-refractivity contribution < 1.29 is 4.74 Å². The standard InChI is InChI=1S/C17H23BrO/c1-11(2)16-9-15(18)5-6-17(16)19-10-14-8-12-3-4-13(14)7-12/h5-6,9,11-14H,3-4,7-8,10H2,1-2H3. The lowest BCUT2D eigenvalue weighted by Crippen LogP contribution is -2.19. The first kappa shape index (κ1) is 13.5. The van der Waals surface area contributed by atoms with Gasteiger partial charge in [0.25, 0.3) is 0 Å². The topological polar surface area (TPSA) is 9.23 Å². The van der Waals surface area contributed by atoms with E-state index in [1.807, 2.05) is 0 Å². The Balaban J connectivity index is 1.66. The molecule has 2 fully saturated rings. The van der Waals surface area contributed by atoms with E-state index in [4.69, 9.17) is 4.74 Å². The molecule has 2 bridgehead atoms. The van der Waals surface area contributed by atoms with Gasteiger partial charge in [-0.15, -0.1) is 0 Å². The summed E-state index contributed by atoms with van der Waals surface area (Å²) in [5.41, 5.74) is 1.32. The maximum atomic E-state index is 6.17. The average molecular weight is 323 g/mol. The molecule has 0 heterocycles. The molecule has 104 valence electrons. The van der Waals surface area contributed by atoms with Gasteiger partial charge >= 0.3 is 0 Å². The molecular weight excluding hydrogens is 300 g/mol. The summed E-state index contributed by atoms with van der Waals surface area (Å²) in [4.78, 5) is 0. The van der Waals surface area contributed by atoms with Crippen molar-refractivity contribution in [2.45, 2.75) is 45.4 Å². The summed E-state index contributed by atoms with van der Waals surface area (Å²) in [6.45, 7) is 5.38. The number of benzene rings is 1. The number of hydrogen-bond acceptors (Lipinski definition) is 1. The lowest BCUT2D eigenvalue weighted by atomic mass is 9.89. The van der Waals surface area contributed by atoms with Gasteiger partial charge in [0, 0.05) is 4.47 Å². The van der Waals surface area contributed by atoms with E-state index in [1.165, 1.54) is 31.2 Å². The summed E-state index contributed by atoms with van der Waals surface area (Å²) in [7, 11) is 0. The highest BCUT2D eigenvalue weighted by Gasteiger charge is 2.39. The van der Waals surface area contributed by atoms with Crippen molar-refractivity contribution in [3.05, 3.63) is 28.2 Å². The van der Waals surface area contributed by atoms with E-state index in [2.05, 4.69) is 48.0 Å². The van der Waals surface area contributed by atoms with Crippen LogP contribution in [0.15, 0.2) is 22.7 Å². The van der Waals surface area contributed by atoms with Crippen molar-refractivity contribution in [1.29, 1.82) is 0 Å². The number of fused-ring (bicyclic) bond motifs is 2.